The van der Waals surface area contributed by atoms with Crippen molar-refractivity contribution in [2.24, 2.45) is 11.3 Å². The maximum atomic E-state index is 12.0. The number of amides is 1. The highest BCUT2D eigenvalue weighted by Crippen LogP contribution is 2.52. The second-order valence-electron chi connectivity index (χ2n) is 5.48. The van der Waals surface area contributed by atoms with Crippen LogP contribution in [0.25, 0.3) is 0 Å². The molecule has 5 nitrogen and oxygen atoms in total. The summed E-state index contributed by atoms with van der Waals surface area (Å²) in [5.74, 6) is -1.21. The Morgan fingerprint density at radius 3 is 2.38 bits per heavy atom. The molecule has 16 heavy (non-hydrogen) atoms. The number of carboxylic acids is 1. The van der Waals surface area contributed by atoms with E-state index in [9.17, 15) is 14.7 Å². The molecule has 0 radical (unpaired) electrons. The minimum Gasteiger partial charge on any atom is -0.480 e. The molecule has 2 aliphatic rings. The number of aliphatic hydroxyl groups excluding tert-OH is 1. The van der Waals surface area contributed by atoms with E-state index in [1.165, 1.54) is 4.90 Å². The van der Waals surface area contributed by atoms with E-state index in [1.54, 1.807) is 0 Å². The fourth-order valence-electron chi connectivity index (χ4n) is 2.38. The van der Waals surface area contributed by atoms with E-state index in [1.807, 2.05) is 13.8 Å². The van der Waals surface area contributed by atoms with Gasteiger partial charge in [-0.15, -0.1) is 0 Å². The molecule has 5 heteroatoms. The third-order valence-corrected chi connectivity index (χ3v) is 3.66. The molecule has 0 bridgehead atoms. The van der Waals surface area contributed by atoms with Crippen LogP contribution in [0.3, 0.4) is 0 Å². The number of hydrogen-bond donors (Lipinski definition) is 2. The molecule has 0 spiro atoms. The minimum absolute atomic E-state index is 0.00627. The van der Waals surface area contributed by atoms with Gasteiger partial charge in [0.15, 0.2) is 0 Å². The Bertz CT molecular complexity index is 339. The van der Waals surface area contributed by atoms with Gasteiger partial charge in [-0.05, 0) is 11.8 Å². The lowest BCUT2D eigenvalue weighted by molar-refractivity contribution is -0.149. The zero-order valence-electron chi connectivity index (χ0n) is 9.51. The third kappa shape index (κ3) is 1.80. The minimum atomic E-state index is -1.02. The Morgan fingerprint density at radius 2 is 1.94 bits per heavy atom. The van der Waals surface area contributed by atoms with Crippen LogP contribution in [-0.4, -0.2) is 45.7 Å². The second kappa shape index (κ2) is 3.45. The van der Waals surface area contributed by atoms with Gasteiger partial charge in [-0.25, -0.2) is 4.79 Å². The molecular formula is C11H17NO4. The number of aliphatic hydroxyl groups is 1. The van der Waals surface area contributed by atoms with Crippen LogP contribution in [0.5, 0.6) is 0 Å². The maximum absolute atomic E-state index is 12.0. The number of carboxylic acid groups (broad SMARTS) is 1. The van der Waals surface area contributed by atoms with Crippen molar-refractivity contribution in [1.82, 2.24) is 4.90 Å². The number of β-amino-alcohol motifs (C(OH)–C–C–N with tert-alkyl or cyclic N) is 1. The lowest BCUT2D eigenvalue weighted by atomic mass is 10.1. The van der Waals surface area contributed by atoms with Gasteiger partial charge >= 0.3 is 5.97 Å². The standard InChI is InChI=1S/C11H17NO4/c1-11(2)4-7(11)9(14)12-5-6(13)3-8(12)10(15)16/h6-8,13H,3-5H2,1-2H3,(H,15,16)/t6-,7?,8+/m1/s1. The van der Waals surface area contributed by atoms with Crippen LogP contribution in [0.4, 0.5) is 0 Å². The SMILES string of the molecule is CC1(C)CC1C(=O)N1C[C@H](O)C[C@H]1C(=O)O. The highest BCUT2D eigenvalue weighted by Gasteiger charge is 2.54. The molecular weight excluding hydrogens is 210 g/mol. The monoisotopic (exact) mass is 227 g/mol. The highest BCUT2D eigenvalue weighted by atomic mass is 16.4. The number of carbonyl (C=O) groups excluding carboxylic acids is 1. The van der Waals surface area contributed by atoms with Crippen LogP contribution in [-0.2, 0) is 9.59 Å². The number of likely N-dealkylation sites (tertiary alicyclic amines) is 1. The quantitative estimate of drug-likeness (QED) is 0.700. The van der Waals surface area contributed by atoms with Crippen molar-refractivity contribution in [2.75, 3.05) is 6.54 Å². The third-order valence-electron chi connectivity index (χ3n) is 3.66. The van der Waals surface area contributed by atoms with Gasteiger partial charge in [-0.1, -0.05) is 13.8 Å². The first-order valence-electron chi connectivity index (χ1n) is 5.54. The van der Waals surface area contributed by atoms with Crippen molar-refractivity contribution < 1.29 is 19.8 Å². The number of rotatable bonds is 2. The van der Waals surface area contributed by atoms with E-state index in [0.29, 0.717) is 0 Å². The predicted molar refractivity (Wildman–Crippen MR) is 55.6 cm³/mol. The summed E-state index contributed by atoms with van der Waals surface area (Å²) in [5.41, 5.74) is -0.00627. The maximum Gasteiger partial charge on any atom is 0.326 e. The summed E-state index contributed by atoms with van der Waals surface area (Å²) >= 11 is 0. The Balaban J connectivity index is 2.08. The van der Waals surface area contributed by atoms with Gasteiger partial charge in [-0.2, -0.15) is 0 Å². The van der Waals surface area contributed by atoms with E-state index in [4.69, 9.17) is 5.11 Å². The molecule has 1 saturated heterocycles. The molecule has 0 aromatic heterocycles. The normalized spacial score (nSPS) is 36.2. The van der Waals surface area contributed by atoms with Crippen molar-refractivity contribution in [3.8, 4) is 0 Å². The van der Waals surface area contributed by atoms with E-state index in [-0.39, 0.29) is 30.2 Å². The smallest absolute Gasteiger partial charge is 0.326 e. The van der Waals surface area contributed by atoms with Crippen molar-refractivity contribution in [1.29, 1.82) is 0 Å². The van der Waals surface area contributed by atoms with Crippen molar-refractivity contribution in [3.63, 3.8) is 0 Å². The van der Waals surface area contributed by atoms with Gasteiger partial charge in [0.1, 0.15) is 6.04 Å². The summed E-state index contributed by atoms with van der Waals surface area (Å²) in [7, 11) is 0. The van der Waals surface area contributed by atoms with Crippen LogP contribution in [0, 0.1) is 11.3 Å². The van der Waals surface area contributed by atoms with Crippen LogP contribution >= 0.6 is 0 Å². The van der Waals surface area contributed by atoms with Crippen molar-refractivity contribution in [3.05, 3.63) is 0 Å². The van der Waals surface area contributed by atoms with E-state index < -0.39 is 18.1 Å². The van der Waals surface area contributed by atoms with Crippen molar-refractivity contribution >= 4 is 11.9 Å². The fraction of sp³-hybridized carbons (Fsp3) is 0.818. The predicted octanol–water partition coefficient (Wildman–Crippen LogP) is 0.0789. The van der Waals surface area contributed by atoms with Gasteiger partial charge in [-0.3, -0.25) is 4.79 Å². The molecule has 0 aromatic rings. The largest absolute Gasteiger partial charge is 0.480 e. The summed E-state index contributed by atoms with van der Waals surface area (Å²) in [6.07, 6.45) is 0.255. The molecule has 2 N–H and O–H groups in total. The first-order chi connectivity index (χ1) is 7.33. The van der Waals surface area contributed by atoms with Gasteiger partial charge in [0, 0.05) is 18.9 Å². The number of nitrogens with zero attached hydrogens (tertiary/aromatic N) is 1. The molecule has 1 heterocycles. The van der Waals surface area contributed by atoms with Gasteiger partial charge in [0.2, 0.25) is 5.91 Å². The molecule has 3 atom stereocenters. The van der Waals surface area contributed by atoms with Gasteiger partial charge in [0.25, 0.3) is 0 Å². The zero-order valence-corrected chi connectivity index (χ0v) is 9.51. The Morgan fingerprint density at radius 1 is 1.38 bits per heavy atom. The van der Waals surface area contributed by atoms with Crippen molar-refractivity contribution in [2.45, 2.75) is 38.8 Å². The van der Waals surface area contributed by atoms with Crippen LogP contribution in [0.2, 0.25) is 0 Å². The van der Waals surface area contributed by atoms with Crippen LogP contribution in [0.15, 0.2) is 0 Å². The topological polar surface area (TPSA) is 77.8 Å². The molecule has 0 aromatic carbocycles. The summed E-state index contributed by atoms with van der Waals surface area (Å²) in [6.45, 7) is 4.15. The summed E-state index contributed by atoms with van der Waals surface area (Å²) < 4.78 is 0. The van der Waals surface area contributed by atoms with Gasteiger partial charge in [0.05, 0.1) is 6.10 Å². The lowest BCUT2D eigenvalue weighted by Crippen LogP contribution is -2.42. The second-order valence-corrected chi connectivity index (χ2v) is 5.48. The van der Waals surface area contributed by atoms with Crippen LogP contribution < -0.4 is 0 Å². The molecule has 1 amide bonds. The summed E-state index contributed by atoms with van der Waals surface area (Å²) in [4.78, 5) is 24.3. The number of hydrogen-bond acceptors (Lipinski definition) is 3. The molecule has 1 aliphatic carbocycles. The average Bonchev–Trinajstić information content (AvgIpc) is 2.62. The Hall–Kier alpha value is -1.10. The molecule has 1 saturated carbocycles. The fourth-order valence-corrected chi connectivity index (χ4v) is 2.38. The van der Waals surface area contributed by atoms with E-state index >= 15 is 0 Å². The lowest BCUT2D eigenvalue weighted by Gasteiger charge is -2.21. The first-order valence-corrected chi connectivity index (χ1v) is 5.54. The zero-order chi connectivity index (χ0) is 12.1. The van der Waals surface area contributed by atoms with Crippen LogP contribution in [0.1, 0.15) is 26.7 Å². The number of carbonyl (C=O) groups is 2. The number of aliphatic carboxylic acids is 1. The summed E-state index contributed by atoms with van der Waals surface area (Å²) in [6, 6.07) is -0.848. The summed E-state index contributed by atoms with van der Waals surface area (Å²) in [5, 5.41) is 18.4. The molecule has 2 rings (SSSR count). The molecule has 1 aliphatic heterocycles. The Labute approximate surface area is 94.0 Å². The molecule has 90 valence electrons. The molecule has 1 unspecified atom stereocenters. The Kier molecular flexibility index (Phi) is 2.45. The van der Waals surface area contributed by atoms with E-state index in [0.717, 1.165) is 6.42 Å². The molecule has 2 fully saturated rings. The average molecular weight is 227 g/mol. The van der Waals surface area contributed by atoms with Gasteiger partial charge < -0.3 is 15.1 Å². The van der Waals surface area contributed by atoms with E-state index in [2.05, 4.69) is 0 Å². The highest BCUT2D eigenvalue weighted by molar-refractivity contribution is 5.88. The first kappa shape index (κ1) is 11.4.